The predicted molar refractivity (Wildman–Crippen MR) is 141 cm³/mol. The van der Waals surface area contributed by atoms with Gasteiger partial charge >= 0.3 is 0 Å². The molecule has 4 amide bonds. The summed E-state index contributed by atoms with van der Waals surface area (Å²) in [5.74, 6) is -2.12. The van der Waals surface area contributed by atoms with E-state index in [1.807, 2.05) is 50.3 Å². The molecule has 6 N–H and O–H groups in total. The lowest BCUT2D eigenvalue weighted by molar-refractivity contribution is -0.134. The Morgan fingerprint density at radius 1 is 0.919 bits per heavy atom. The topological polar surface area (TPSA) is 149 Å². The van der Waals surface area contributed by atoms with Gasteiger partial charge in [0.15, 0.2) is 0 Å². The Bertz CT molecular complexity index is 948. The Morgan fingerprint density at radius 2 is 1.59 bits per heavy atom. The SMILES string of the molecule is CC(C)C[C@H](NC(=O)[C@H](CO)NC(=O)[C@@H](NC(=O)C1=CCCNC1)C(C)C)C(=O)NCc1ccccc1. The lowest BCUT2D eigenvalue weighted by Crippen LogP contribution is -2.59. The van der Waals surface area contributed by atoms with Crippen LogP contribution in [0.3, 0.4) is 0 Å². The third-order valence-corrected chi connectivity index (χ3v) is 6.02. The Hall–Kier alpha value is -3.24. The molecule has 0 radical (unpaired) electrons. The van der Waals surface area contributed by atoms with Gasteiger partial charge in [-0.2, -0.15) is 0 Å². The van der Waals surface area contributed by atoms with Gasteiger partial charge in [-0.25, -0.2) is 0 Å². The molecule has 0 spiro atoms. The highest BCUT2D eigenvalue weighted by Gasteiger charge is 2.31. The van der Waals surface area contributed by atoms with Crippen LogP contribution in [0, 0.1) is 11.8 Å². The van der Waals surface area contributed by atoms with Crippen LogP contribution in [0.2, 0.25) is 0 Å². The van der Waals surface area contributed by atoms with Crippen molar-refractivity contribution < 1.29 is 24.3 Å². The van der Waals surface area contributed by atoms with E-state index in [0.29, 0.717) is 25.1 Å². The van der Waals surface area contributed by atoms with Crippen LogP contribution in [0.5, 0.6) is 0 Å². The molecular weight excluding hydrogens is 474 g/mol. The lowest BCUT2D eigenvalue weighted by Gasteiger charge is -2.27. The molecular formula is C27H41N5O5. The zero-order valence-electron chi connectivity index (χ0n) is 22.2. The van der Waals surface area contributed by atoms with E-state index in [9.17, 15) is 24.3 Å². The van der Waals surface area contributed by atoms with Crippen molar-refractivity contribution in [2.75, 3.05) is 19.7 Å². The van der Waals surface area contributed by atoms with E-state index < -0.39 is 36.5 Å². The molecule has 10 heteroatoms. The maximum Gasteiger partial charge on any atom is 0.248 e. The molecule has 0 unspecified atom stereocenters. The highest BCUT2D eigenvalue weighted by molar-refractivity contribution is 5.98. The van der Waals surface area contributed by atoms with Crippen LogP contribution < -0.4 is 26.6 Å². The molecule has 10 nitrogen and oxygen atoms in total. The highest BCUT2D eigenvalue weighted by atomic mass is 16.3. The first-order chi connectivity index (χ1) is 17.6. The molecule has 0 bridgehead atoms. The summed E-state index contributed by atoms with van der Waals surface area (Å²) < 4.78 is 0. The van der Waals surface area contributed by atoms with Crippen molar-refractivity contribution in [3.63, 3.8) is 0 Å². The van der Waals surface area contributed by atoms with Gasteiger partial charge in [0.25, 0.3) is 0 Å². The fourth-order valence-corrected chi connectivity index (χ4v) is 3.92. The second-order valence-corrected chi connectivity index (χ2v) is 10.0. The van der Waals surface area contributed by atoms with E-state index in [1.54, 1.807) is 13.8 Å². The number of amides is 4. The third-order valence-electron chi connectivity index (χ3n) is 6.02. The normalized spacial score (nSPS) is 15.8. The maximum atomic E-state index is 13.0. The second kappa shape index (κ2) is 15.1. The van der Waals surface area contributed by atoms with Gasteiger partial charge in [0.1, 0.15) is 18.1 Å². The van der Waals surface area contributed by atoms with Crippen LogP contribution in [-0.4, -0.2) is 66.6 Å². The number of benzene rings is 1. The molecule has 1 aromatic rings. The largest absolute Gasteiger partial charge is 0.394 e. The first-order valence-electron chi connectivity index (χ1n) is 12.9. The van der Waals surface area contributed by atoms with Crippen molar-refractivity contribution in [3.05, 3.63) is 47.5 Å². The smallest absolute Gasteiger partial charge is 0.248 e. The highest BCUT2D eigenvalue weighted by Crippen LogP contribution is 2.09. The quantitative estimate of drug-likeness (QED) is 0.224. The summed E-state index contributed by atoms with van der Waals surface area (Å²) in [5.41, 5.74) is 1.48. The molecule has 204 valence electrons. The second-order valence-electron chi connectivity index (χ2n) is 10.0. The Balaban J connectivity index is 2.02. The minimum absolute atomic E-state index is 0.110. The predicted octanol–water partition coefficient (Wildman–Crippen LogP) is 0.371. The summed E-state index contributed by atoms with van der Waals surface area (Å²) in [7, 11) is 0. The van der Waals surface area contributed by atoms with Crippen molar-refractivity contribution in [2.45, 2.75) is 65.2 Å². The summed E-state index contributed by atoms with van der Waals surface area (Å²) in [4.78, 5) is 51.5. The van der Waals surface area contributed by atoms with E-state index in [0.717, 1.165) is 18.5 Å². The van der Waals surface area contributed by atoms with E-state index in [-0.39, 0.29) is 23.7 Å². The molecule has 2 rings (SSSR count). The van der Waals surface area contributed by atoms with Gasteiger partial charge in [-0.15, -0.1) is 0 Å². The fourth-order valence-electron chi connectivity index (χ4n) is 3.92. The lowest BCUT2D eigenvalue weighted by atomic mass is 10.0. The van der Waals surface area contributed by atoms with Crippen molar-refractivity contribution in [1.29, 1.82) is 0 Å². The number of carbonyl (C=O) groups is 4. The number of hydrogen-bond acceptors (Lipinski definition) is 6. The van der Waals surface area contributed by atoms with Crippen molar-refractivity contribution in [1.82, 2.24) is 26.6 Å². The average Bonchev–Trinajstić information content (AvgIpc) is 2.88. The van der Waals surface area contributed by atoms with Crippen LogP contribution >= 0.6 is 0 Å². The summed E-state index contributed by atoms with van der Waals surface area (Å²) >= 11 is 0. The number of carbonyl (C=O) groups excluding carboxylic acids is 4. The summed E-state index contributed by atoms with van der Waals surface area (Å²) in [5, 5.41) is 23.7. The van der Waals surface area contributed by atoms with Gasteiger partial charge in [0.2, 0.25) is 23.6 Å². The molecule has 0 aromatic heterocycles. The number of nitrogens with one attached hydrogen (secondary N) is 5. The summed E-state index contributed by atoms with van der Waals surface area (Å²) in [6.07, 6.45) is 2.94. The molecule has 1 heterocycles. The van der Waals surface area contributed by atoms with Crippen molar-refractivity contribution >= 4 is 23.6 Å². The Labute approximate surface area is 219 Å². The Morgan fingerprint density at radius 3 is 2.16 bits per heavy atom. The number of aliphatic hydroxyl groups is 1. The maximum absolute atomic E-state index is 13.0. The van der Waals surface area contributed by atoms with Gasteiger partial charge in [-0.1, -0.05) is 64.1 Å². The molecule has 0 saturated heterocycles. The van der Waals surface area contributed by atoms with Crippen LogP contribution in [0.1, 0.15) is 46.1 Å². The molecule has 0 saturated carbocycles. The zero-order valence-corrected chi connectivity index (χ0v) is 22.2. The molecule has 1 aromatic carbocycles. The van der Waals surface area contributed by atoms with Crippen LogP contribution in [-0.2, 0) is 25.7 Å². The summed E-state index contributed by atoms with van der Waals surface area (Å²) in [6, 6.07) is 6.39. The monoisotopic (exact) mass is 515 g/mol. The third kappa shape index (κ3) is 9.97. The fraction of sp³-hybridized carbons (Fsp3) is 0.556. The molecule has 1 aliphatic rings. The van der Waals surface area contributed by atoms with Gasteiger partial charge in [0, 0.05) is 18.7 Å². The van der Waals surface area contributed by atoms with Crippen molar-refractivity contribution in [2.24, 2.45) is 11.8 Å². The number of rotatable bonds is 13. The minimum Gasteiger partial charge on any atom is -0.394 e. The van der Waals surface area contributed by atoms with Gasteiger partial charge in [-0.3, -0.25) is 19.2 Å². The van der Waals surface area contributed by atoms with Gasteiger partial charge in [-0.05, 0) is 36.8 Å². The summed E-state index contributed by atoms with van der Waals surface area (Å²) in [6.45, 7) is 8.29. The molecule has 0 fully saturated rings. The van der Waals surface area contributed by atoms with Gasteiger partial charge in [0.05, 0.1) is 6.61 Å². The molecule has 37 heavy (non-hydrogen) atoms. The van der Waals surface area contributed by atoms with E-state index in [1.165, 1.54) is 0 Å². The molecule has 3 atom stereocenters. The first-order valence-corrected chi connectivity index (χ1v) is 12.9. The number of aliphatic hydroxyl groups excluding tert-OH is 1. The van der Waals surface area contributed by atoms with Gasteiger partial charge < -0.3 is 31.7 Å². The standard InChI is InChI=1S/C27H41N5O5/c1-17(2)13-21(25(35)29-14-19-9-6-5-7-10-19)30-26(36)22(16-33)31-27(37)23(18(3)4)32-24(34)20-11-8-12-28-15-20/h5-7,9-11,17-18,21-23,28,33H,8,12-16H2,1-4H3,(H,29,35)(H,30,36)(H,31,37)(H,32,34)/t21-,22-,23-/m0/s1. The molecule has 1 aliphatic heterocycles. The van der Waals surface area contributed by atoms with E-state index in [4.69, 9.17) is 0 Å². The zero-order chi connectivity index (χ0) is 27.4. The molecule has 0 aliphatic carbocycles. The van der Waals surface area contributed by atoms with Crippen LogP contribution in [0.4, 0.5) is 0 Å². The average molecular weight is 516 g/mol. The van der Waals surface area contributed by atoms with E-state index in [2.05, 4.69) is 26.6 Å². The Kier molecular flexibility index (Phi) is 12.2. The van der Waals surface area contributed by atoms with E-state index >= 15 is 0 Å². The van der Waals surface area contributed by atoms with Crippen LogP contribution in [0.25, 0.3) is 0 Å². The minimum atomic E-state index is -1.28. The van der Waals surface area contributed by atoms with Crippen molar-refractivity contribution in [3.8, 4) is 0 Å². The van der Waals surface area contributed by atoms with Crippen LogP contribution in [0.15, 0.2) is 42.0 Å². The number of hydrogen-bond donors (Lipinski definition) is 6. The first kappa shape index (κ1) is 30.0.